The molecule has 3 fully saturated rings. The van der Waals surface area contributed by atoms with Crippen LogP contribution in [0.2, 0.25) is 0 Å². The number of rotatable bonds is 9. The van der Waals surface area contributed by atoms with Crippen LogP contribution in [0, 0.1) is 5.92 Å². The predicted molar refractivity (Wildman–Crippen MR) is 158 cm³/mol. The number of ether oxygens (including phenoxy) is 1. The van der Waals surface area contributed by atoms with Gasteiger partial charge in [0, 0.05) is 44.2 Å². The number of hydrogen-bond donors (Lipinski definition) is 1. The summed E-state index contributed by atoms with van der Waals surface area (Å²) in [7, 11) is 5.52. The van der Waals surface area contributed by atoms with Crippen molar-refractivity contribution in [2.75, 3.05) is 27.7 Å². The van der Waals surface area contributed by atoms with E-state index in [1.54, 1.807) is 12.0 Å². The van der Waals surface area contributed by atoms with Crippen molar-refractivity contribution in [2.24, 2.45) is 5.92 Å². The molecule has 3 aromatic carbocycles. The maximum atomic E-state index is 13.4. The SMILES string of the molecule is COc1ccc(C(C)C)cc1CNC1C2CCN(C(C(=O)N(C)C)C2)C1C(c1ccccc1)c1ccccc1. The molecule has 3 aromatic rings. The second-order valence-electron chi connectivity index (χ2n) is 11.7. The van der Waals surface area contributed by atoms with E-state index in [4.69, 9.17) is 4.74 Å². The zero-order chi connectivity index (χ0) is 27.5. The number of benzene rings is 3. The van der Waals surface area contributed by atoms with Gasteiger partial charge in [-0.15, -0.1) is 0 Å². The number of carbonyl (C=O) groups is 1. The van der Waals surface area contributed by atoms with Gasteiger partial charge in [-0.1, -0.05) is 86.6 Å². The molecule has 206 valence electrons. The smallest absolute Gasteiger partial charge is 0.239 e. The summed E-state index contributed by atoms with van der Waals surface area (Å²) >= 11 is 0. The van der Waals surface area contributed by atoms with E-state index in [-0.39, 0.29) is 30.0 Å². The van der Waals surface area contributed by atoms with Crippen molar-refractivity contribution < 1.29 is 9.53 Å². The summed E-state index contributed by atoms with van der Waals surface area (Å²) in [5, 5.41) is 4.02. The number of piperidine rings is 3. The molecule has 3 aliphatic rings. The van der Waals surface area contributed by atoms with Crippen LogP contribution in [0.15, 0.2) is 78.9 Å². The summed E-state index contributed by atoms with van der Waals surface area (Å²) in [4.78, 5) is 17.7. The summed E-state index contributed by atoms with van der Waals surface area (Å²) in [6, 6.07) is 28.5. The van der Waals surface area contributed by atoms with Gasteiger partial charge in [0.2, 0.25) is 5.91 Å². The van der Waals surface area contributed by atoms with Crippen LogP contribution in [0.25, 0.3) is 0 Å². The highest BCUT2D eigenvalue weighted by atomic mass is 16.5. The Morgan fingerprint density at radius 1 is 0.974 bits per heavy atom. The van der Waals surface area contributed by atoms with E-state index in [0.717, 1.165) is 31.7 Å². The Kier molecular flexibility index (Phi) is 8.39. The van der Waals surface area contributed by atoms with Gasteiger partial charge < -0.3 is 15.0 Å². The standard InChI is InChI=1S/C34H43N3O2/c1-23(2)26-16-17-30(39-5)28(20-26)22-35-32-27-18-19-37(29(21-27)34(38)36(3)4)33(32)31(24-12-8-6-9-13-24)25-14-10-7-11-15-25/h6-17,20,23,27,29,31-33,35H,18-19,21-22H2,1-5H3. The molecule has 0 spiro atoms. The molecule has 6 rings (SSSR count). The number of amides is 1. The highest BCUT2D eigenvalue weighted by molar-refractivity contribution is 5.82. The molecule has 5 heteroatoms. The molecule has 5 nitrogen and oxygen atoms in total. The Bertz CT molecular complexity index is 1200. The monoisotopic (exact) mass is 525 g/mol. The first-order chi connectivity index (χ1) is 18.9. The summed E-state index contributed by atoms with van der Waals surface area (Å²) in [6.45, 7) is 6.14. The van der Waals surface area contributed by atoms with Gasteiger partial charge in [-0.05, 0) is 54.0 Å². The number of nitrogens with one attached hydrogen (secondary N) is 1. The molecular weight excluding hydrogens is 482 g/mol. The number of carbonyl (C=O) groups excluding carboxylic acids is 1. The first kappa shape index (κ1) is 27.4. The van der Waals surface area contributed by atoms with E-state index in [1.807, 2.05) is 14.1 Å². The van der Waals surface area contributed by atoms with Crippen molar-refractivity contribution in [1.82, 2.24) is 15.1 Å². The molecule has 5 atom stereocenters. The Morgan fingerprint density at radius 3 is 2.18 bits per heavy atom. The molecule has 3 aliphatic heterocycles. The minimum Gasteiger partial charge on any atom is -0.496 e. The predicted octanol–water partition coefficient (Wildman–Crippen LogP) is 5.66. The zero-order valence-corrected chi connectivity index (χ0v) is 24.0. The normalized spacial score (nSPS) is 24.2. The van der Waals surface area contributed by atoms with Crippen molar-refractivity contribution in [1.29, 1.82) is 0 Å². The molecule has 0 radical (unpaired) electrons. The average molecular weight is 526 g/mol. The number of likely N-dealkylation sites (N-methyl/N-ethyl adjacent to an activating group) is 1. The Morgan fingerprint density at radius 2 is 1.62 bits per heavy atom. The first-order valence-electron chi connectivity index (χ1n) is 14.4. The molecular formula is C34H43N3O2. The summed E-state index contributed by atoms with van der Waals surface area (Å²) < 4.78 is 5.77. The van der Waals surface area contributed by atoms with E-state index in [2.05, 4.69) is 103 Å². The van der Waals surface area contributed by atoms with Gasteiger partial charge >= 0.3 is 0 Å². The van der Waals surface area contributed by atoms with Crippen LogP contribution in [-0.2, 0) is 11.3 Å². The summed E-state index contributed by atoms with van der Waals surface area (Å²) in [5.74, 6) is 2.16. The second kappa shape index (κ2) is 11.9. The summed E-state index contributed by atoms with van der Waals surface area (Å²) in [6.07, 6.45) is 2.00. The largest absolute Gasteiger partial charge is 0.496 e. The fourth-order valence-corrected chi connectivity index (χ4v) is 6.84. The molecule has 0 aromatic heterocycles. The van der Waals surface area contributed by atoms with Crippen LogP contribution in [0.1, 0.15) is 60.8 Å². The number of methoxy groups -OCH3 is 1. The molecule has 39 heavy (non-hydrogen) atoms. The quantitative estimate of drug-likeness (QED) is 0.392. The van der Waals surface area contributed by atoms with Crippen molar-refractivity contribution in [3.8, 4) is 5.75 Å². The first-order valence-corrected chi connectivity index (χ1v) is 14.4. The number of hydrogen-bond acceptors (Lipinski definition) is 4. The third-order valence-corrected chi connectivity index (χ3v) is 8.83. The Hall–Kier alpha value is -3.15. The summed E-state index contributed by atoms with van der Waals surface area (Å²) in [5.41, 5.74) is 5.10. The number of nitrogens with zero attached hydrogens (tertiary/aromatic N) is 2. The number of fused-ring (bicyclic) bond motifs is 3. The van der Waals surface area contributed by atoms with Crippen LogP contribution in [0.4, 0.5) is 0 Å². The molecule has 3 saturated heterocycles. The Labute approximate surface area is 234 Å². The van der Waals surface area contributed by atoms with Crippen molar-refractivity contribution in [3.05, 3.63) is 101 Å². The molecule has 3 heterocycles. The molecule has 1 N–H and O–H groups in total. The van der Waals surface area contributed by atoms with Crippen molar-refractivity contribution >= 4 is 5.91 Å². The van der Waals surface area contributed by atoms with Crippen LogP contribution < -0.4 is 10.1 Å². The maximum absolute atomic E-state index is 13.4. The van der Waals surface area contributed by atoms with Gasteiger partial charge in [0.15, 0.2) is 0 Å². The highest BCUT2D eigenvalue weighted by Gasteiger charge is 2.52. The third-order valence-electron chi connectivity index (χ3n) is 8.83. The molecule has 0 saturated carbocycles. The highest BCUT2D eigenvalue weighted by Crippen LogP contribution is 2.45. The van der Waals surface area contributed by atoms with Crippen molar-refractivity contribution in [3.63, 3.8) is 0 Å². The average Bonchev–Trinajstić information content (AvgIpc) is 2.97. The lowest BCUT2D eigenvalue weighted by Crippen LogP contribution is -2.69. The van der Waals surface area contributed by atoms with Crippen molar-refractivity contribution in [2.45, 2.75) is 63.2 Å². The van der Waals surface area contributed by atoms with Gasteiger partial charge in [0.05, 0.1) is 13.2 Å². The maximum Gasteiger partial charge on any atom is 0.239 e. The van der Waals surface area contributed by atoms with Gasteiger partial charge in [-0.25, -0.2) is 0 Å². The molecule has 1 amide bonds. The van der Waals surface area contributed by atoms with Gasteiger partial charge in [0.25, 0.3) is 0 Å². The molecule has 0 aliphatic carbocycles. The minimum atomic E-state index is -0.0875. The second-order valence-corrected chi connectivity index (χ2v) is 11.7. The lowest BCUT2D eigenvalue weighted by Gasteiger charge is -2.57. The Balaban J connectivity index is 1.55. The van der Waals surface area contributed by atoms with Crippen LogP contribution in [0.5, 0.6) is 5.75 Å². The molecule has 5 unspecified atom stereocenters. The van der Waals surface area contributed by atoms with Crippen LogP contribution in [-0.4, -0.2) is 61.6 Å². The van der Waals surface area contributed by atoms with E-state index in [0.29, 0.717) is 11.8 Å². The fourth-order valence-electron chi connectivity index (χ4n) is 6.84. The van der Waals surface area contributed by atoms with E-state index < -0.39 is 0 Å². The van der Waals surface area contributed by atoms with E-state index in [9.17, 15) is 4.79 Å². The van der Waals surface area contributed by atoms with Crippen LogP contribution >= 0.6 is 0 Å². The van der Waals surface area contributed by atoms with E-state index >= 15 is 0 Å². The van der Waals surface area contributed by atoms with Crippen LogP contribution in [0.3, 0.4) is 0 Å². The lowest BCUT2D eigenvalue weighted by molar-refractivity contribution is -0.143. The fraction of sp³-hybridized carbons (Fsp3) is 0.441. The van der Waals surface area contributed by atoms with Gasteiger partial charge in [0.1, 0.15) is 5.75 Å². The van der Waals surface area contributed by atoms with Gasteiger partial charge in [-0.2, -0.15) is 0 Å². The molecule has 2 bridgehead atoms. The zero-order valence-electron chi connectivity index (χ0n) is 24.0. The van der Waals surface area contributed by atoms with Gasteiger partial charge in [-0.3, -0.25) is 9.69 Å². The van der Waals surface area contributed by atoms with E-state index in [1.165, 1.54) is 22.3 Å². The topological polar surface area (TPSA) is 44.8 Å². The minimum absolute atomic E-state index is 0.0875. The lowest BCUT2D eigenvalue weighted by atomic mass is 9.68. The third kappa shape index (κ3) is 5.61.